The van der Waals surface area contributed by atoms with Gasteiger partial charge in [0.15, 0.2) is 0 Å². The highest BCUT2D eigenvalue weighted by Crippen LogP contribution is 2.12. The van der Waals surface area contributed by atoms with E-state index in [2.05, 4.69) is 19.2 Å². The maximum Gasteiger partial charge on any atom is 0.0703 e. The predicted molar refractivity (Wildman–Crippen MR) is 51.3 cm³/mol. The van der Waals surface area contributed by atoms with Crippen molar-refractivity contribution in [3.05, 3.63) is 0 Å². The van der Waals surface area contributed by atoms with Crippen LogP contribution in [0.25, 0.3) is 0 Å². The van der Waals surface area contributed by atoms with Gasteiger partial charge in [-0.1, -0.05) is 26.7 Å². The van der Waals surface area contributed by atoms with E-state index in [4.69, 9.17) is 4.74 Å². The van der Waals surface area contributed by atoms with Gasteiger partial charge in [0.2, 0.25) is 0 Å². The molecule has 0 bridgehead atoms. The second-order valence-electron chi connectivity index (χ2n) is 3.59. The van der Waals surface area contributed by atoms with Crippen molar-refractivity contribution in [3.63, 3.8) is 0 Å². The molecule has 2 unspecified atom stereocenters. The summed E-state index contributed by atoms with van der Waals surface area (Å²) in [7, 11) is 0. The fourth-order valence-electron chi connectivity index (χ4n) is 1.62. The Balaban J connectivity index is 2.16. The third-order valence-electron chi connectivity index (χ3n) is 2.46. The van der Waals surface area contributed by atoms with Gasteiger partial charge in [-0.2, -0.15) is 0 Å². The maximum atomic E-state index is 5.88. The first-order valence-electron chi connectivity index (χ1n) is 5.23. The lowest BCUT2D eigenvalue weighted by molar-refractivity contribution is -0.0424. The summed E-state index contributed by atoms with van der Waals surface area (Å²) in [4.78, 5) is 0. The van der Waals surface area contributed by atoms with Crippen molar-refractivity contribution >= 4 is 0 Å². The van der Waals surface area contributed by atoms with E-state index in [1.54, 1.807) is 0 Å². The van der Waals surface area contributed by atoms with Crippen LogP contribution < -0.4 is 5.32 Å². The smallest absolute Gasteiger partial charge is 0.0703 e. The zero-order chi connectivity index (χ0) is 8.81. The molecule has 1 saturated heterocycles. The SMILES string of the molecule is CCCCC1CNCC(CC)O1. The maximum absolute atomic E-state index is 5.88. The molecule has 0 amide bonds. The number of nitrogens with one attached hydrogen (secondary N) is 1. The monoisotopic (exact) mass is 171 g/mol. The molecule has 72 valence electrons. The first-order chi connectivity index (χ1) is 5.86. The molecule has 12 heavy (non-hydrogen) atoms. The standard InChI is InChI=1S/C10H21NO/c1-3-5-6-10-8-11-7-9(4-2)12-10/h9-11H,3-8H2,1-2H3. The second kappa shape index (κ2) is 5.55. The van der Waals surface area contributed by atoms with E-state index < -0.39 is 0 Å². The summed E-state index contributed by atoms with van der Waals surface area (Å²) >= 11 is 0. The molecule has 1 rings (SSSR count). The first-order valence-corrected chi connectivity index (χ1v) is 5.23. The molecule has 2 heteroatoms. The minimum Gasteiger partial charge on any atom is -0.372 e. The molecule has 0 radical (unpaired) electrons. The van der Waals surface area contributed by atoms with Gasteiger partial charge in [0, 0.05) is 13.1 Å². The molecule has 1 fully saturated rings. The average molecular weight is 171 g/mol. The molecule has 0 aromatic rings. The van der Waals surface area contributed by atoms with Crippen LogP contribution in [0.5, 0.6) is 0 Å². The summed E-state index contributed by atoms with van der Waals surface area (Å²) in [5, 5.41) is 3.42. The Bertz CT molecular complexity index is 116. The lowest BCUT2D eigenvalue weighted by Crippen LogP contribution is -2.44. The Hall–Kier alpha value is -0.0800. The van der Waals surface area contributed by atoms with Gasteiger partial charge in [0.05, 0.1) is 12.2 Å². The molecule has 0 aromatic carbocycles. The van der Waals surface area contributed by atoms with Crippen molar-refractivity contribution < 1.29 is 4.74 Å². The van der Waals surface area contributed by atoms with E-state index in [9.17, 15) is 0 Å². The van der Waals surface area contributed by atoms with Crippen LogP contribution in [-0.2, 0) is 4.74 Å². The molecule has 0 spiro atoms. The Morgan fingerprint density at radius 1 is 1.25 bits per heavy atom. The van der Waals surface area contributed by atoms with Crippen molar-refractivity contribution in [2.24, 2.45) is 0 Å². The highest BCUT2D eigenvalue weighted by atomic mass is 16.5. The van der Waals surface area contributed by atoms with Crippen LogP contribution in [0.4, 0.5) is 0 Å². The number of rotatable bonds is 4. The van der Waals surface area contributed by atoms with Gasteiger partial charge in [0.1, 0.15) is 0 Å². The van der Waals surface area contributed by atoms with Crippen molar-refractivity contribution in [1.29, 1.82) is 0 Å². The van der Waals surface area contributed by atoms with Gasteiger partial charge in [0.25, 0.3) is 0 Å². The third kappa shape index (κ3) is 3.11. The molecule has 2 atom stereocenters. The van der Waals surface area contributed by atoms with E-state index >= 15 is 0 Å². The quantitative estimate of drug-likeness (QED) is 0.698. The summed E-state index contributed by atoms with van der Waals surface area (Å²) in [5.41, 5.74) is 0. The first kappa shape index (κ1) is 10.0. The summed E-state index contributed by atoms with van der Waals surface area (Å²) in [6, 6.07) is 0. The Labute approximate surface area is 75.7 Å². The van der Waals surface area contributed by atoms with E-state index in [1.807, 2.05) is 0 Å². The Morgan fingerprint density at radius 2 is 2.00 bits per heavy atom. The van der Waals surface area contributed by atoms with Crippen LogP contribution in [0.1, 0.15) is 39.5 Å². The minimum absolute atomic E-state index is 0.459. The molecule has 1 N–H and O–H groups in total. The molecule has 0 saturated carbocycles. The summed E-state index contributed by atoms with van der Waals surface area (Å²) in [6.07, 6.45) is 5.86. The van der Waals surface area contributed by atoms with Crippen molar-refractivity contribution in [3.8, 4) is 0 Å². The Kier molecular flexibility index (Phi) is 4.62. The lowest BCUT2D eigenvalue weighted by Gasteiger charge is -2.30. The lowest BCUT2D eigenvalue weighted by atomic mass is 10.1. The fourth-order valence-corrected chi connectivity index (χ4v) is 1.62. The zero-order valence-corrected chi connectivity index (χ0v) is 8.31. The van der Waals surface area contributed by atoms with Crippen molar-refractivity contribution in [2.75, 3.05) is 13.1 Å². The van der Waals surface area contributed by atoms with Gasteiger partial charge >= 0.3 is 0 Å². The zero-order valence-electron chi connectivity index (χ0n) is 8.31. The molecule has 0 aliphatic carbocycles. The molecule has 1 heterocycles. The molecular formula is C10H21NO. The van der Waals surface area contributed by atoms with Gasteiger partial charge < -0.3 is 10.1 Å². The largest absolute Gasteiger partial charge is 0.372 e. The highest BCUT2D eigenvalue weighted by molar-refractivity contribution is 4.73. The van der Waals surface area contributed by atoms with Gasteiger partial charge in [-0.25, -0.2) is 0 Å². The normalized spacial score (nSPS) is 30.5. The molecular weight excluding hydrogens is 150 g/mol. The number of morpholine rings is 1. The molecule has 2 nitrogen and oxygen atoms in total. The van der Waals surface area contributed by atoms with E-state index in [0.717, 1.165) is 19.5 Å². The summed E-state index contributed by atoms with van der Waals surface area (Å²) < 4.78 is 5.88. The van der Waals surface area contributed by atoms with Crippen molar-refractivity contribution in [2.45, 2.75) is 51.7 Å². The molecule has 0 aromatic heterocycles. The average Bonchev–Trinajstić information content (AvgIpc) is 2.15. The Morgan fingerprint density at radius 3 is 2.67 bits per heavy atom. The third-order valence-corrected chi connectivity index (χ3v) is 2.46. The highest BCUT2D eigenvalue weighted by Gasteiger charge is 2.19. The van der Waals surface area contributed by atoms with Crippen LogP contribution in [0.15, 0.2) is 0 Å². The number of hydrogen-bond acceptors (Lipinski definition) is 2. The van der Waals surface area contributed by atoms with Gasteiger partial charge in [-0.3, -0.25) is 0 Å². The predicted octanol–water partition coefficient (Wildman–Crippen LogP) is 1.94. The van der Waals surface area contributed by atoms with Crippen LogP contribution in [-0.4, -0.2) is 25.3 Å². The molecule has 1 aliphatic rings. The topological polar surface area (TPSA) is 21.3 Å². The number of unbranched alkanes of at least 4 members (excludes halogenated alkanes) is 1. The second-order valence-corrected chi connectivity index (χ2v) is 3.59. The van der Waals surface area contributed by atoms with Gasteiger partial charge in [-0.05, 0) is 12.8 Å². The number of ether oxygens (including phenoxy) is 1. The minimum atomic E-state index is 0.459. The molecule has 1 aliphatic heterocycles. The van der Waals surface area contributed by atoms with Crippen LogP contribution in [0.3, 0.4) is 0 Å². The fraction of sp³-hybridized carbons (Fsp3) is 1.00. The van der Waals surface area contributed by atoms with Crippen molar-refractivity contribution in [1.82, 2.24) is 5.32 Å². The van der Waals surface area contributed by atoms with Crippen LogP contribution in [0.2, 0.25) is 0 Å². The van der Waals surface area contributed by atoms with E-state index in [1.165, 1.54) is 19.3 Å². The van der Waals surface area contributed by atoms with E-state index in [-0.39, 0.29) is 0 Å². The van der Waals surface area contributed by atoms with E-state index in [0.29, 0.717) is 12.2 Å². The van der Waals surface area contributed by atoms with Crippen LogP contribution >= 0.6 is 0 Å². The van der Waals surface area contributed by atoms with Crippen LogP contribution in [0, 0.1) is 0 Å². The summed E-state index contributed by atoms with van der Waals surface area (Å²) in [6.45, 7) is 6.51. The summed E-state index contributed by atoms with van der Waals surface area (Å²) in [5.74, 6) is 0. The number of hydrogen-bond donors (Lipinski definition) is 1. The van der Waals surface area contributed by atoms with Gasteiger partial charge in [-0.15, -0.1) is 0 Å².